The molecule has 0 aliphatic heterocycles. The molecule has 6 nitrogen and oxygen atoms in total. The van der Waals surface area contributed by atoms with Gasteiger partial charge in [-0.2, -0.15) is 0 Å². The van der Waals surface area contributed by atoms with Gasteiger partial charge in [0.15, 0.2) is 0 Å². The zero-order chi connectivity index (χ0) is 13.7. The fourth-order valence-corrected chi connectivity index (χ4v) is 1.50. The van der Waals surface area contributed by atoms with Gasteiger partial charge in [0, 0.05) is 17.7 Å². The van der Waals surface area contributed by atoms with E-state index < -0.39 is 22.8 Å². The molecular weight excluding hydrogens is 243 g/mol. The Kier molecular flexibility index (Phi) is 4.73. The molecule has 0 spiro atoms. The highest BCUT2D eigenvalue weighted by Crippen LogP contribution is 2.26. The Bertz CT molecular complexity index is 464. The largest absolute Gasteiger partial charge is 0.466 e. The molecule has 0 fully saturated rings. The van der Waals surface area contributed by atoms with Crippen LogP contribution in [0.25, 0.3) is 0 Å². The second kappa shape index (κ2) is 6.06. The van der Waals surface area contributed by atoms with Gasteiger partial charge >= 0.3 is 5.97 Å². The molecule has 0 aromatic heterocycles. The van der Waals surface area contributed by atoms with Crippen LogP contribution in [-0.4, -0.2) is 17.5 Å². The number of nitro groups is 1. The number of halogens is 1. The summed E-state index contributed by atoms with van der Waals surface area (Å²) in [7, 11) is 0. The number of esters is 1. The molecule has 0 bridgehead atoms. The molecule has 2 N–H and O–H groups in total. The van der Waals surface area contributed by atoms with Crippen LogP contribution in [-0.2, 0) is 9.53 Å². The lowest BCUT2D eigenvalue weighted by atomic mass is 10.0. The highest BCUT2D eigenvalue weighted by atomic mass is 19.1. The molecule has 0 saturated carbocycles. The van der Waals surface area contributed by atoms with Crippen LogP contribution < -0.4 is 5.73 Å². The lowest BCUT2D eigenvalue weighted by Crippen LogP contribution is -2.18. The second-order valence-corrected chi connectivity index (χ2v) is 3.58. The Hall–Kier alpha value is -2.02. The van der Waals surface area contributed by atoms with E-state index in [1.54, 1.807) is 6.92 Å². The Labute approximate surface area is 103 Å². The minimum atomic E-state index is -0.972. The van der Waals surface area contributed by atoms with E-state index in [-0.39, 0.29) is 24.3 Å². The van der Waals surface area contributed by atoms with Crippen LogP contribution in [0.2, 0.25) is 0 Å². The molecule has 1 atom stereocenters. The van der Waals surface area contributed by atoms with Crippen LogP contribution in [0.15, 0.2) is 18.2 Å². The summed E-state index contributed by atoms with van der Waals surface area (Å²) < 4.78 is 17.7. The molecule has 0 radical (unpaired) electrons. The predicted octanol–water partition coefficient (Wildman–Crippen LogP) is 1.69. The van der Waals surface area contributed by atoms with Crippen molar-refractivity contribution >= 4 is 11.7 Å². The average Bonchev–Trinajstić information content (AvgIpc) is 2.28. The molecule has 18 heavy (non-hydrogen) atoms. The summed E-state index contributed by atoms with van der Waals surface area (Å²) in [6.07, 6.45) is -0.238. The summed E-state index contributed by atoms with van der Waals surface area (Å²) in [5.41, 5.74) is 5.33. The van der Waals surface area contributed by atoms with Gasteiger partial charge in [0.25, 0.3) is 5.69 Å². The summed E-state index contributed by atoms with van der Waals surface area (Å²) in [6, 6.07) is 1.98. The van der Waals surface area contributed by atoms with Gasteiger partial charge in [-0.25, -0.2) is 4.39 Å². The lowest BCUT2D eigenvalue weighted by molar-refractivity contribution is -0.385. The first kappa shape index (κ1) is 14.0. The SMILES string of the molecule is CCOC(=O)C[C@@H](N)c1cc(F)ccc1[N+](=O)[O-]. The third-order valence-electron chi connectivity index (χ3n) is 2.28. The van der Waals surface area contributed by atoms with Gasteiger partial charge in [-0.15, -0.1) is 0 Å². The van der Waals surface area contributed by atoms with Crippen LogP contribution in [0.3, 0.4) is 0 Å². The third kappa shape index (κ3) is 3.49. The number of ether oxygens (including phenoxy) is 1. The van der Waals surface area contributed by atoms with E-state index in [9.17, 15) is 19.3 Å². The Morgan fingerprint density at radius 2 is 2.28 bits per heavy atom. The zero-order valence-electron chi connectivity index (χ0n) is 9.76. The van der Waals surface area contributed by atoms with Crippen molar-refractivity contribution in [3.63, 3.8) is 0 Å². The fraction of sp³-hybridized carbons (Fsp3) is 0.364. The van der Waals surface area contributed by atoms with Gasteiger partial charge < -0.3 is 10.5 Å². The molecule has 0 amide bonds. The number of carbonyl (C=O) groups is 1. The van der Waals surface area contributed by atoms with Crippen molar-refractivity contribution in [3.8, 4) is 0 Å². The van der Waals surface area contributed by atoms with Gasteiger partial charge in [-0.05, 0) is 19.1 Å². The molecule has 0 aliphatic carbocycles. The minimum Gasteiger partial charge on any atom is -0.466 e. The number of nitrogens with zero attached hydrogens (tertiary/aromatic N) is 1. The van der Waals surface area contributed by atoms with E-state index in [2.05, 4.69) is 4.74 Å². The monoisotopic (exact) mass is 256 g/mol. The standard InChI is InChI=1S/C11H13FN2O4/c1-2-18-11(15)6-9(13)8-5-7(12)3-4-10(8)14(16)17/h3-5,9H,2,6,13H2,1H3/t9-/m1/s1. The topological polar surface area (TPSA) is 95.5 Å². The van der Waals surface area contributed by atoms with E-state index in [4.69, 9.17) is 5.73 Å². The maximum absolute atomic E-state index is 13.1. The number of nitro benzene ring substituents is 1. The second-order valence-electron chi connectivity index (χ2n) is 3.58. The van der Waals surface area contributed by atoms with E-state index in [1.165, 1.54) is 0 Å². The maximum Gasteiger partial charge on any atom is 0.307 e. The van der Waals surface area contributed by atoms with E-state index in [1.807, 2.05) is 0 Å². The van der Waals surface area contributed by atoms with E-state index in [0.717, 1.165) is 18.2 Å². The summed E-state index contributed by atoms with van der Waals surface area (Å²) in [4.78, 5) is 21.3. The zero-order valence-corrected chi connectivity index (χ0v) is 9.76. The quantitative estimate of drug-likeness (QED) is 0.491. The van der Waals surface area contributed by atoms with Crippen LogP contribution in [0.1, 0.15) is 24.9 Å². The molecule has 98 valence electrons. The lowest BCUT2D eigenvalue weighted by Gasteiger charge is -2.11. The highest BCUT2D eigenvalue weighted by Gasteiger charge is 2.22. The molecular formula is C11H13FN2O4. The maximum atomic E-state index is 13.1. The van der Waals surface area contributed by atoms with E-state index in [0.29, 0.717) is 0 Å². The van der Waals surface area contributed by atoms with Crippen molar-refractivity contribution < 1.29 is 18.8 Å². The number of benzene rings is 1. The molecule has 0 saturated heterocycles. The Morgan fingerprint density at radius 3 is 2.83 bits per heavy atom. The molecule has 7 heteroatoms. The van der Waals surface area contributed by atoms with Crippen molar-refractivity contribution in [1.29, 1.82) is 0 Å². The van der Waals surface area contributed by atoms with E-state index >= 15 is 0 Å². The van der Waals surface area contributed by atoms with Crippen LogP contribution in [0.4, 0.5) is 10.1 Å². The first-order valence-electron chi connectivity index (χ1n) is 5.30. The Balaban J connectivity index is 2.96. The van der Waals surface area contributed by atoms with Crippen molar-refractivity contribution in [1.82, 2.24) is 0 Å². The number of carbonyl (C=O) groups excluding carboxylic acids is 1. The van der Waals surface area contributed by atoms with Gasteiger partial charge in [0.2, 0.25) is 0 Å². The number of hydrogen-bond donors (Lipinski definition) is 1. The summed E-state index contributed by atoms with van der Waals surface area (Å²) in [5.74, 6) is -1.22. The molecule has 1 aromatic carbocycles. The molecule has 0 unspecified atom stereocenters. The normalized spacial score (nSPS) is 11.9. The van der Waals surface area contributed by atoms with Crippen LogP contribution in [0.5, 0.6) is 0 Å². The number of hydrogen-bond acceptors (Lipinski definition) is 5. The first-order chi connectivity index (χ1) is 8.45. The van der Waals surface area contributed by atoms with Crippen molar-refractivity contribution in [2.45, 2.75) is 19.4 Å². The summed E-state index contributed by atoms with van der Waals surface area (Å²) in [6.45, 7) is 1.82. The molecule has 0 heterocycles. The first-order valence-corrected chi connectivity index (χ1v) is 5.30. The van der Waals surface area contributed by atoms with Gasteiger partial charge in [0.1, 0.15) is 5.82 Å². The van der Waals surface area contributed by atoms with Gasteiger partial charge in [-0.1, -0.05) is 0 Å². The van der Waals surface area contributed by atoms with Crippen LogP contribution in [0, 0.1) is 15.9 Å². The highest BCUT2D eigenvalue weighted by molar-refractivity contribution is 5.70. The van der Waals surface area contributed by atoms with Crippen LogP contribution >= 0.6 is 0 Å². The molecule has 1 aromatic rings. The summed E-state index contributed by atoms with van der Waals surface area (Å²) >= 11 is 0. The van der Waals surface area contributed by atoms with Crippen molar-refractivity contribution in [2.24, 2.45) is 5.73 Å². The summed E-state index contributed by atoms with van der Waals surface area (Å²) in [5, 5.41) is 10.8. The Morgan fingerprint density at radius 1 is 1.61 bits per heavy atom. The van der Waals surface area contributed by atoms with Crippen molar-refractivity contribution in [3.05, 3.63) is 39.7 Å². The predicted molar refractivity (Wildman–Crippen MR) is 61.2 cm³/mol. The fourth-order valence-electron chi connectivity index (χ4n) is 1.50. The van der Waals surface area contributed by atoms with Gasteiger partial charge in [0.05, 0.1) is 18.0 Å². The molecule has 1 rings (SSSR count). The van der Waals surface area contributed by atoms with Gasteiger partial charge in [-0.3, -0.25) is 14.9 Å². The third-order valence-corrected chi connectivity index (χ3v) is 2.28. The molecule has 0 aliphatic rings. The smallest absolute Gasteiger partial charge is 0.307 e. The number of nitrogens with two attached hydrogens (primary N) is 1. The van der Waals surface area contributed by atoms with Crippen molar-refractivity contribution in [2.75, 3.05) is 6.61 Å². The number of rotatable bonds is 5. The average molecular weight is 256 g/mol. The minimum absolute atomic E-state index is 0.0203.